The molecule has 1 amide bonds. The predicted octanol–water partition coefficient (Wildman–Crippen LogP) is 5.79. The molecule has 35 heavy (non-hydrogen) atoms. The molecule has 4 aromatic rings. The van der Waals surface area contributed by atoms with Crippen molar-refractivity contribution in [1.29, 1.82) is 0 Å². The Balaban J connectivity index is 1.55. The molecule has 0 spiro atoms. The monoisotopic (exact) mass is 481 g/mol. The third kappa shape index (κ3) is 4.03. The molecule has 0 radical (unpaired) electrons. The molecule has 176 valence electrons. The number of nitrogens with one attached hydrogen (secondary N) is 1. The summed E-state index contributed by atoms with van der Waals surface area (Å²) in [5.41, 5.74) is 3.01. The molecule has 1 aliphatic rings. The van der Waals surface area contributed by atoms with Gasteiger partial charge in [0.25, 0.3) is 0 Å². The summed E-state index contributed by atoms with van der Waals surface area (Å²) < 4.78 is 68.6. The number of hydrogen-bond donors (Lipinski definition) is 1. The Morgan fingerprint density at radius 1 is 0.743 bits per heavy atom. The van der Waals surface area contributed by atoms with Crippen LogP contribution in [0.4, 0.5) is 27.8 Å². The van der Waals surface area contributed by atoms with Crippen molar-refractivity contribution in [3.8, 4) is 22.5 Å². The van der Waals surface area contributed by atoms with E-state index in [2.05, 4.69) is 10.3 Å². The maximum absolute atomic E-state index is 14.1. The van der Waals surface area contributed by atoms with E-state index >= 15 is 0 Å². The highest BCUT2D eigenvalue weighted by atomic mass is 19.2. The summed E-state index contributed by atoms with van der Waals surface area (Å²) in [4.78, 5) is 22.0. The Kier molecular flexibility index (Phi) is 5.76. The molecule has 0 unspecified atom stereocenters. The summed E-state index contributed by atoms with van der Waals surface area (Å²) >= 11 is 0. The van der Waals surface area contributed by atoms with Gasteiger partial charge in [0.2, 0.25) is 11.7 Å². The Morgan fingerprint density at radius 2 is 1.37 bits per heavy atom. The molecule has 1 heterocycles. The van der Waals surface area contributed by atoms with E-state index in [0.29, 0.717) is 35.5 Å². The van der Waals surface area contributed by atoms with Gasteiger partial charge in [-0.1, -0.05) is 54.6 Å². The Morgan fingerprint density at radius 3 is 2.09 bits per heavy atom. The number of carbonyl (C=O) groups excluding carboxylic acids is 1. The second-order valence-corrected chi connectivity index (χ2v) is 8.01. The smallest absolute Gasteiger partial charge is 0.230 e. The fraction of sp³-hybridized carbons (Fsp3) is 0.115. The lowest BCUT2D eigenvalue weighted by atomic mass is 9.91. The lowest BCUT2D eigenvalue weighted by Crippen LogP contribution is -2.21. The number of rotatable bonds is 4. The van der Waals surface area contributed by atoms with Gasteiger partial charge in [-0.25, -0.2) is 31.9 Å². The van der Waals surface area contributed by atoms with Crippen molar-refractivity contribution in [1.82, 2.24) is 9.97 Å². The highest BCUT2D eigenvalue weighted by molar-refractivity contribution is 5.95. The Labute approximate surface area is 196 Å². The van der Waals surface area contributed by atoms with E-state index in [4.69, 9.17) is 4.98 Å². The van der Waals surface area contributed by atoms with Crippen LogP contribution in [0.2, 0.25) is 0 Å². The van der Waals surface area contributed by atoms with E-state index in [1.54, 1.807) is 30.3 Å². The van der Waals surface area contributed by atoms with E-state index in [1.807, 2.05) is 24.3 Å². The Hall–Kier alpha value is -4.14. The lowest BCUT2D eigenvalue weighted by molar-refractivity contribution is -0.115. The molecular formula is C26H16F5N3O. The first-order valence-corrected chi connectivity index (χ1v) is 10.7. The molecule has 0 atom stereocenters. The maximum Gasteiger partial charge on any atom is 0.230 e. The number of aromatic nitrogens is 2. The zero-order valence-corrected chi connectivity index (χ0v) is 18.0. The van der Waals surface area contributed by atoms with Gasteiger partial charge in [-0.2, -0.15) is 0 Å². The number of benzene rings is 3. The molecular weight excluding hydrogens is 465 g/mol. The highest BCUT2D eigenvalue weighted by Gasteiger charge is 2.28. The van der Waals surface area contributed by atoms with Crippen molar-refractivity contribution in [2.75, 3.05) is 5.32 Å². The number of amides is 1. The first-order valence-electron chi connectivity index (χ1n) is 10.7. The zero-order chi connectivity index (χ0) is 24.7. The highest BCUT2D eigenvalue weighted by Crippen LogP contribution is 2.35. The van der Waals surface area contributed by atoms with Crippen LogP contribution in [0.15, 0.2) is 54.6 Å². The minimum atomic E-state index is -2.28. The van der Waals surface area contributed by atoms with E-state index in [1.165, 1.54) is 0 Å². The largest absolute Gasteiger partial charge is 0.309 e. The molecule has 0 saturated carbocycles. The van der Waals surface area contributed by atoms with Crippen LogP contribution in [-0.2, 0) is 24.1 Å². The normalized spacial score (nSPS) is 12.1. The molecule has 0 bridgehead atoms. The van der Waals surface area contributed by atoms with Crippen molar-refractivity contribution in [3.05, 3.63) is 101 Å². The third-order valence-corrected chi connectivity index (χ3v) is 5.81. The van der Waals surface area contributed by atoms with Crippen LogP contribution in [0, 0.1) is 29.1 Å². The second kappa shape index (κ2) is 8.90. The van der Waals surface area contributed by atoms with Crippen LogP contribution in [0.5, 0.6) is 0 Å². The standard InChI is InChI=1S/C26H16F5N3O/c27-19-16(20(28)22(30)23(31)21(19)29)12-18(35)33-26-24(14-7-2-1-3-8-14)34-25-15-9-5-4-6-13(15)10-11-17(25)32-26/h1-9H,10-12H2,(H,32,33,35). The third-order valence-electron chi connectivity index (χ3n) is 5.81. The molecule has 4 nitrogen and oxygen atoms in total. The number of hydrogen-bond acceptors (Lipinski definition) is 3. The van der Waals surface area contributed by atoms with Crippen molar-refractivity contribution in [2.45, 2.75) is 19.3 Å². The van der Waals surface area contributed by atoms with Gasteiger partial charge in [-0.05, 0) is 18.4 Å². The summed E-state index contributed by atoms with van der Waals surface area (Å²) in [6.07, 6.45) is 0.178. The number of nitrogens with zero attached hydrogens (tertiary/aromatic N) is 2. The van der Waals surface area contributed by atoms with Crippen LogP contribution in [-0.4, -0.2) is 15.9 Å². The zero-order valence-electron chi connectivity index (χ0n) is 18.0. The summed E-state index contributed by atoms with van der Waals surface area (Å²) in [5, 5.41) is 2.46. The number of halogens is 5. The quantitative estimate of drug-likeness (QED) is 0.228. The van der Waals surface area contributed by atoms with Gasteiger partial charge in [0, 0.05) is 16.7 Å². The van der Waals surface area contributed by atoms with E-state index in [9.17, 15) is 26.7 Å². The number of fused-ring (bicyclic) bond motifs is 3. The van der Waals surface area contributed by atoms with Crippen molar-refractivity contribution >= 4 is 11.7 Å². The van der Waals surface area contributed by atoms with Crippen LogP contribution in [0.3, 0.4) is 0 Å². The van der Waals surface area contributed by atoms with Crippen LogP contribution >= 0.6 is 0 Å². The molecule has 0 saturated heterocycles. The average Bonchev–Trinajstić information content (AvgIpc) is 2.89. The number of anilines is 1. The molecule has 1 aliphatic carbocycles. The maximum atomic E-state index is 14.1. The summed E-state index contributed by atoms with van der Waals surface area (Å²) in [6.45, 7) is 0. The van der Waals surface area contributed by atoms with E-state index < -0.39 is 47.0 Å². The van der Waals surface area contributed by atoms with Crippen molar-refractivity contribution < 1.29 is 26.7 Å². The van der Waals surface area contributed by atoms with Gasteiger partial charge in [0.15, 0.2) is 29.1 Å². The number of aryl methyl sites for hydroxylation is 2. The fourth-order valence-corrected chi connectivity index (χ4v) is 4.11. The average molecular weight is 481 g/mol. The van der Waals surface area contributed by atoms with Gasteiger partial charge in [-0.15, -0.1) is 0 Å². The number of carbonyl (C=O) groups is 1. The topological polar surface area (TPSA) is 54.9 Å². The lowest BCUT2D eigenvalue weighted by Gasteiger charge is -2.21. The molecule has 9 heteroatoms. The van der Waals surface area contributed by atoms with Gasteiger partial charge in [-0.3, -0.25) is 4.79 Å². The van der Waals surface area contributed by atoms with E-state index in [0.717, 1.165) is 11.1 Å². The van der Waals surface area contributed by atoms with Gasteiger partial charge in [0.05, 0.1) is 17.8 Å². The Bertz CT molecular complexity index is 1450. The van der Waals surface area contributed by atoms with Crippen LogP contribution < -0.4 is 5.32 Å². The first kappa shape index (κ1) is 22.6. The van der Waals surface area contributed by atoms with Gasteiger partial charge in [0.1, 0.15) is 5.69 Å². The second-order valence-electron chi connectivity index (χ2n) is 8.01. The summed E-state index contributed by atoms with van der Waals surface area (Å²) in [7, 11) is 0. The summed E-state index contributed by atoms with van der Waals surface area (Å²) in [5.74, 6) is -11.6. The molecule has 1 N–H and O–H groups in total. The minimum Gasteiger partial charge on any atom is -0.309 e. The molecule has 3 aromatic carbocycles. The minimum absolute atomic E-state index is 0.0307. The van der Waals surface area contributed by atoms with E-state index in [-0.39, 0.29) is 5.82 Å². The predicted molar refractivity (Wildman–Crippen MR) is 119 cm³/mol. The van der Waals surface area contributed by atoms with Crippen molar-refractivity contribution in [2.24, 2.45) is 0 Å². The SMILES string of the molecule is O=C(Cc1c(F)c(F)c(F)c(F)c1F)Nc1nc2c(nc1-c1ccccc1)-c1ccccc1CC2. The molecule has 1 aromatic heterocycles. The molecule has 5 rings (SSSR count). The van der Waals surface area contributed by atoms with Crippen LogP contribution in [0.1, 0.15) is 16.8 Å². The molecule has 0 aliphatic heterocycles. The first-order chi connectivity index (χ1) is 16.8. The van der Waals surface area contributed by atoms with Gasteiger partial charge < -0.3 is 5.32 Å². The van der Waals surface area contributed by atoms with Crippen LogP contribution in [0.25, 0.3) is 22.5 Å². The summed E-state index contributed by atoms with van der Waals surface area (Å²) in [6, 6.07) is 16.6. The van der Waals surface area contributed by atoms with Crippen molar-refractivity contribution in [3.63, 3.8) is 0 Å². The fourth-order valence-electron chi connectivity index (χ4n) is 4.11. The van der Waals surface area contributed by atoms with Gasteiger partial charge >= 0.3 is 0 Å². The molecule has 0 fully saturated rings.